The summed E-state index contributed by atoms with van der Waals surface area (Å²) >= 11 is 0. The van der Waals surface area contributed by atoms with Crippen LogP contribution in [-0.2, 0) is 0 Å². The topological polar surface area (TPSA) is 130 Å². The third-order valence-electron chi connectivity index (χ3n) is 4.54. The molecule has 1 aliphatic rings. The van der Waals surface area contributed by atoms with Gasteiger partial charge in [0.1, 0.15) is 0 Å². The van der Waals surface area contributed by atoms with Crippen LogP contribution < -0.4 is 0 Å². The van der Waals surface area contributed by atoms with Crippen LogP contribution in [-0.4, -0.2) is 39.0 Å². The van der Waals surface area contributed by atoms with E-state index in [1.807, 2.05) is 0 Å². The number of carbonyl (C=O) groups excluding carboxylic acids is 2. The molecule has 9 heteroatoms. The molecule has 0 fully saturated rings. The number of rotatable bonds is 4. The second-order valence-electron chi connectivity index (χ2n) is 6.21. The summed E-state index contributed by atoms with van der Waals surface area (Å²) in [6.45, 7) is 0. The van der Waals surface area contributed by atoms with Crippen molar-refractivity contribution in [1.29, 1.82) is 0 Å². The average molecular weight is 389 g/mol. The van der Waals surface area contributed by atoms with Crippen LogP contribution in [0.4, 0.5) is 5.69 Å². The number of nitro groups is 1. The Hall–Kier alpha value is -4.40. The predicted molar refractivity (Wildman–Crippen MR) is 102 cm³/mol. The van der Waals surface area contributed by atoms with E-state index in [4.69, 9.17) is 5.11 Å². The number of carboxylic acid groups (broad SMARTS) is 1. The number of benzene rings is 3. The highest BCUT2D eigenvalue weighted by molar-refractivity contribution is 6.26. The fraction of sp³-hybridized carbons (Fsp3) is 0. The van der Waals surface area contributed by atoms with Gasteiger partial charge < -0.3 is 5.11 Å². The molecule has 1 N–H and O–H groups in total. The maximum absolute atomic E-state index is 12.8. The maximum atomic E-state index is 12.8. The highest BCUT2D eigenvalue weighted by Crippen LogP contribution is 2.35. The number of non-ortho nitro benzene ring substituents is 1. The first-order valence-electron chi connectivity index (χ1n) is 8.34. The molecular formula is C20H11N3O6. The Bertz CT molecular complexity index is 1220. The number of hydrazone groups is 1. The Morgan fingerprint density at radius 3 is 2.28 bits per heavy atom. The SMILES string of the molecule is O=C(O)c1ccc(/C=N/N2C(=O)c3cccc4c([N+](=O)[O-])ccc(c34)C2=O)cc1. The van der Waals surface area contributed by atoms with E-state index in [0.717, 1.165) is 0 Å². The van der Waals surface area contributed by atoms with Crippen molar-refractivity contribution in [1.82, 2.24) is 5.01 Å². The van der Waals surface area contributed by atoms with E-state index in [1.54, 1.807) is 0 Å². The fourth-order valence-electron chi connectivity index (χ4n) is 3.17. The Kier molecular flexibility index (Phi) is 4.12. The first-order chi connectivity index (χ1) is 13.9. The lowest BCUT2D eigenvalue weighted by Crippen LogP contribution is -2.36. The highest BCUT2D eigenvalue weighted by Gasteiger charge is 2.34. The van der Waals surface area contributed by atoms with Crippen LogP contribution >= 0.6 is 0 Å². The highest BCUT2D eigenvalue weighted by atomic mass is 16.6. The predicted octanol–water partition coefficient (Wildman–Crippen LogP) is 3.08. The van der Waals surface area contributed by atoms with Crippen LogP contribution in [0.2, 0.25) is 0 Å². The molecule has 0 radical (unpaired) electrons. The van der Waals surface area contributed by atoms with Gasteiger partial charge in [-0.3, -0.25) is 19.7 Å². The van der Waals surface area contributed by atoms with Crippen molar-refractivity contribution in [2.75, 3.05) is 0 Å². The van der Waals surface area contributed by atoms with E-state index < -0.39 is 22.7 Å². The lowest BCUT2D eigenvalue weighted by molar-refractivity contribution is -0.383. The molecule has 0 atom stereocenters. The molecular weight excluding hydrogens is 378 g/mol. The minimum atomic E-state index is -1.08. The van der Waals surface area contributed by atoms with Crippen molar-refractivity contribution in [2.45, 2.75) is 0 Å². The first kappa shape index (κ1) is 18.0. The summed E-state index contributed by atoms with van der Waals surface area (Å²) in [4.78, 5) is 47.2. The maximum Gasteiger partial charge on any atom is 0.335 e. The number of hydrogen-bond acceptors (Lipinski definition) is 6. The van der Waals surface area contributed by atoms with E-state index in [2.05, 4.69) is 5.10 Å². The minimum Gasteiger partial charge on any atom is -0.478 e. The number of carbonyl (C=O) groups is 3. The number of hydrogen-bond donors (Lipinski definition) is 1. The molecule has 0 aliphatic carbocycles. The zero-order chi connectivity index (χ0) is 20.7. The molecule has 142 valence electrons. The van der Waals surface area contributed by atoms with Gasteiger partial charge in [0.15, 0.2) is 0 Å². The number of nitrogens with zero attached hydrogens (tertiary/aromatic N) is 3. The van der Waals surface area contributed by atoms with Gasteiger partial charge in [-0.05, 0) is 35.9 Å². The van der Waals surface area contributed by atoms with Gasteiger partial charge in [0.05, 0.1) is 33.2 Å². The fourth-order valence-corrected chi connectivity index (χ4v) is 3.17. The van der Waals surface area contributed by atoms with Crippen LogP contribution in [0.15, 0.2) is 59.7 Å². The third-order valence-corrected chi connectivity index (χ3v) is 4.54. The second-order valence-corrected chi connectivity index (χ2v) is 6.21. The Balaban J connectivity index is 1.75. The standard InChI is InChI=1S/C20H11N3O6/c24-18-14-3-1-2-13-16(23(28)29)9-8-15(17(13)14)19(25)22(18)21-10-11-4-6-12(7-5-11)20(26)27/h1-10H,(H,26,27)/b21-10+. The van der Waals surface area contributed by atoms with Crippen molar-refractivity contribution in [3.05, 3.63) is 87.0 Å². The van der Waals surface area contributed by atoms with Crippen LogP contribution in [0, 0.1) is 10.1 Å². The lowest BCUT2D eigenvalue weighted by Gasteiger charge is -2.22. The molecule has 0 unspecified atom stereocenters. The quantitative estimate of drug-likeness (QED) is 0.316. The molecule has 0 spiro atoms. The van der Waals surface area contributed by atoms with Gasteiger partial charge in [0, 0.05) is 11.5 Å². The van der Waals surface area contributed by atoms with Crippen LogP contribution in [0.25, 0.3) is 10.8 Å². The van der Waals surface area contributed by atoms with Crippen molar-refractivity contribution < 1.29 is 24.4 Å². The second kappa shape index (κ2) is 6.64. The Morgan fingerprint density at radius 1 is 1.00 bits per heavy atom. The molecule has 9 nitrogen and oxygen atoms in total. The summed E-state index contributed by atoms with van der Waals surface area (Å²) in [7, 11) is 0. The van der Waals surface area contributed by atoms with Gasteiger partial charge in [0.2, 0.25) is 0 Å². The molecule has 1 heterocycles. The summed E-state index contributed by atoms with van der Waals surface area (Å²) in [5, 5.41) is 25.3. The smallest absolute Gasteiger partial charge is 0.335 e. The molecule has 2 amide bonds. The van der Waals surface area contributed by atoms with Crippen molar-refractivity contribution in [3.63, 3.8) is 0 Å². The molecule has 1 aliphatic heterocycles. The molecule has 0 saturated heterocycles. The number of aromatic carboxylic acids is 1. The normalized spacial score (nSPS) is 13.3. The third kappa shape index (κ3) is 2.90. The van der Waals surface area contributed by atoms with Gasteiger partial charge >= 0.3 is 5.97 Å². The van der Waals surface area contributed by atoms with Crippen molar-refractivity contribution in [3.8, 4) is 0 Å². The van der Waals surface area contributed by atoms with Gasteiger partial charge in [0.25, 0.3) is 17.5 Å². The Labute approximate surface area is 162 Å². The summed E-state index contributed by atoms with van der Waals surface area (Å²) in [6, 6.07) is 12.7. The average Bonchev–Trinajstić information content (AvgIpc) is 2.71. The van der Waals surface area contributed by atoms with E-state index >= 15 is 0 Å². The number of amides is 2. The van der Waals surface area contributed by atoms with E-state index in [9.17, 15) is 24.5 Å². The van der Waals surface area contributed by atoms with E-state index in [-0.39, 0.29) is 33.2 Å². The van der Waals surface area contributed by atoms with Crippen molar-refractivity contribution in [2.24, 2.45) is 5.10 Å². The molecule has 0 aromatic heterocycles. The van der Waals surface area contributed by atoms with Gasteiger partial charge in [-0.25, -0.2) is 4.79 Å². The van der Waals surface area contributed by atoms with Gasteiger partial charge in [-0.2, -0.15) is 10.1 Å². The van der Waals surface area contributed by atoms with Gasteiger partial charge in [-0.1, -0.05) is 18.2 Å². The summed E-state index contributed by atoms with van der Waals surface area (Å²) in [6.07, 6.45) is 1.26. The minimum absolute atomic E-state index is 0.0921. The first-order valence-corrected chi connectivity index (χ1v) is 8.34. The summed E-state index contributed by atoms with van der Waals surface area (Å²) in [5.74, 6) is -2.48. The molecule has 0 bridgehead atoms. The molecule has 3 aromatic carbocycles. The van der Waals surface area contributed by atoms with Crippen LogP contribution in [0.3, 0.4) is 0 Å². The van der Waals surface area contributed by atoms with Crippen LogP contribution in [0.1, 0.15) is 36.6 Å². The summed E-state index contributed by atoms with van der Waals surface area (Å²) < 4.78 is 0. The number of carboxylic acids is 1. The van der Waals surface area contributed by atoms with Crippen LogP contribution in [0.5, 0.6) is 0 Å². The molecule has 4 rings (SSSR count). The molecule has 29 heavy (non-hydrogen) atoms. The summed E-state index contributed by atoms with van der Waals surface area (Å²) in [5.41, 5.74) is 0.665. The van der Waals surface area contributed by atoms with Crippen molar-refractivity contribution >= 4 is 40.5 Å². The lowest BCUT2D eigenvalue weighted by atomic mass is 9.94. The zero-order valence-electron chi connectivity index (χ0n) is 14.6. The van der Waals surface area contributed by atoms with E-state index in [1.165, 1.54) is 60.8 Å². The molecule has 0 saturated carbocycles. The van der Waals surface area contributed by atoms with Gasteiger partial charge in [-0.15, -0.1) is 0 Å². The zero-order valence-corrected chi connectivity index (χ0v) is 14.6. The monoisotopic (exact) mass is 389 g/mol. The molecule has 3 aromatic rings. The number of nitro benzene ring substituents is 1. The largest absolute Gasteiger partial charge is 0.478 e. The van der Waals surface area contributed by atoms with E-state index in [0.29, 0.717) is 10.6 Å². The Morgan fingerprint density at radius 2 is 1.66 bits per heavy atom. The number of imide groups is 1.